The Morgan fingerprint density at radius 1 is 1.14 bits per heavy atom. The summed E-state index contributed by atoms with van der Waals surface area (Å²) in [4.78, 5) is 0.216. The van der Waals surface area contributed by atoms with Gasteiger partial charge in [0.1, 0.15) is 0 Å². The van der Waals surface area contributed by atoms with Crippen molar-refractivity contribution in [3.05, 3.63) is 59.9 Å². The molecule has 0 heterocycles. The van der Waals surface area contributed by atoms with Crippen molar-refractivity contribution in [2.45, 2.75) is 18.2 Å². The highest BCUT2D eigenvalue weighted by Gasteiger charge is 2.12. The van der Waals surface area contributed by atoms with Crippen molar-refractivity contribution in [3.63, 3.8) is 0 Å². The van der Waals surface area contributed by atoms with Gasteiger partial charge in [0.2, 0.25) is 10.0 Å². The van der Waals surface area contributed by atoms with Crippen LogP contribution in [0.1, 0.15) is 12.5 Å². The monoisotopic (exact) mass is 323 g/mol. The third-order valence-electron chi connectivity index (χ3n) is 3.06. The van der Waals surface area contributed by atoms with Crippen LogP contribution in [-0.4, -0.2) is 21.6 Å². The largest absolute Gasteiger partial charge is 0.491 e. The Balaban J connectivity index is 1.95. The molecule has 0 aliphatic heterocycles. The molecule has 2 aromatic rings. The highest BCUT2D eigenvalue weighted by Crippen LogP contribution is 2.18. The molecule has 0 aromatic heterocycles. The zero-order valence-corrected chi connectivity index (χ0v) is 13.1. The fourth-order valence-corrected chi connectivity index (χ4v) is 3.04. The predicted octanol–water partition coefficient (Wildman–Crippen LogP) is 2.75. The van der Waals surface area contributed by atoms with E-state index in [2.05, 4.69) is 4.72 Å². The predicted molar refractivity (Wildman–Crippen MR) is 82.9 cm³/mol. The van der Waals surface area contributed by atoms with E-state index in [0.29, 0.717) is 18.6 Å². The van der Waals surface area contributed by atoms with E-state index in [9.17, 15) is 12.8 Å². The summed E-state index contributed by atoms with van der Waals surface area (Å²) >= 11 is 0. The van der Waals surface area contributed by atoms with E-state index in [0.717, 1.165) is 0 Å². The van der Waals surface area contributed by atoms with Crippen molar-refractivity contribution in [1.29, 1.82) is 0 Å². The summed E-state index contributed by atoms with van der Waals surface area (Å²) in [5.74, 6) is -0.235. The lowest BCUT2D eigenvalue weighted by Crippen LogP contribution is -2.25. The minimum Gasteiger partial charge on any atom is -0.491 e. The first-order valence-electron chi connectivity index (χ1n) is 6.99. The second-order valence-electron chi connectivity index (χ2n) is 4.66. The lowest BCUT2D eigenvalue weighted by molar-refractivity contribution is 0.321. The minimum atomic E-state index is -3.53. The second-order valence-corrected chi connectivity index (χ2v) is 6.43. The topological polar surface area (TPSA) is 55.4 Å². The average Bonchev–Trinajstić information content (AvgIpc) is 2.51. The number of benzene rings is 2. The molecule has 2 rings (SSSR count). The number of ether oxygens (including phenoxy) is 1. The highest BCUT2D eigenvalue weighted by molar-refractivity contribution is 7.89. The van der Waals surface area contributed by atoms with Gasteiger partial charge in [-0.3, -0.25) is 0 Å². The van der Waals surface area contributed by atoms with Gasteiger partial charge in [0.05, 0.1) is 11.5 Å². The molecule has 0 radical (unpaired) electrons. The molecule has 1 N–H and O–H groups in total. The van der Waals surface area contributed by atoms with Gasteiger partial charge < -0.3 is 4.74 Å². The van der Waals surface area contributed by atoms with E-state index < -0.39 is 15.8 Å². The van der Waals surface area contributed by atoms with Crippen LogP contribution >= 0.6 is 0 Å². The van der Waals surface area contributed by atoms with Crippen LogP contribution in [0.5, 0.6) is 5.75 Å². The molecule has 0 aliphatic carbocycles. The molecular formula is C16H18FNO3S. The smallest absolute Gasteiger partial charge is 0.240 e. The summed E-state index contributed by atoms with van der Waals surface area (Å²) in [5, 5.41) is 0. The second kappa shape index (κ2) is 7.38. The fraction of sp³-hybridized carbons (Fsp3) is 0.250. The van der Waals surface area contributed by atoms with Crippen LogP contribution in [0, 0.1) is 5.82 Å². The van der Waals surface area contributed by atoms with Crippen molar-refractivity contribution >= 4 is 10.0 Å². The third kappa shape index (κ3) is 4.29. The SMILES string of the molecule is CCOc1ccc(CCNS(=O)(=O)c2ccccc2)cc1F. The van der Waals surface area contributed by atoms with Crippen LogP contribution in [0.15, 0.2) is 53.4 Å². The van der Waals surface area contributed by atoms with Gasteiger partial charge in [0, 0.05) is 6.54 Å². The van der Waals surface area contributed by atoms with Gasteiger partial charge in [-0.15, -0.1) is 0 Å². The number of halogens is 1. The van der Waals surface area contributed by atoms with E-state index in [1.54, 1.807) is 37.3 Å². The molecular weight excluding hydrogens is 305 g/mol. The van der Waals surface area contributed by atoms with Gasteiger partial charge in [0.15, 0.2) is 11.6 Å². The molecule has 0 saturated heterocycles. The standard InChI is InChI=1S/C16H18FNO3S/c1-2-21-16-9-8-13(12-15(16)17)10-11-18-22(19,20)14-6-4-3-5-7-14/h3-9,12,18H,2,10-11H2,1H3. The van der Waals surface area contributed by atoms with Gasteiger partial charge >= 0.3 is 0 Å². The van der Waals surface area contributed by atoms with Crippen LogP contribution in [0.4, 0.5) is 4.39 Å². The molecule has 0 amide bonds. The highest BCUT2D eigenvalue weighted by atomic mass is 32.2. The molecule has 0 atom stereocenters. The maximum atomic E-state index is 13.7. The molecule has 4 nitrogen and oxygen atoms in total. The molecule has 118 valence electrons. The fourth-order valence-electron chi connectivity index (χ4n) is 1.99. The number of rotatable bonds is 7. The van der Waals surface area contributed by atoms with Crippen LogP contribution in [0.25, 0.3) is 0 Å². The van der Waals surface area contributed by atoms with Crippen LogP contribution < -0.4 is 9.46 Å². The van der Waals surface area contributed by atoms with Crippen molar-refractivity contribution < 1.29 is 17.5 Å². The summed E-state index contributed by atoms with van der Waals surface area (Å²) in [5.41, 5.74) is 0.705. The molecule has 0 bridgehead atoms. The maximum Gasteiger partial charge on any atom is 0.240 e. The zero-order valence-electron chi connectivity index (χ0n) is 12.3. The van der Waals surface area contributed by atoms with Gasteiger partial charge in [-0.2, -0.15) is 0 Å². The molecule has 0 unspecified atom stereocenters. The van der Waals surface area contributed by atoms with Crippen molar-refractivity contribution in [2.75, 3.05) is 13.2 Å². The Morgan fingerprint density at radius 2 is 1.86 bits per heavy atom. The Kier molecular flexibility index (Phi) is 5.51. The summed E-state index contributed by atoms with van der Waals surface area (Å²) in [6.07, 6.45) is 0.398. The molecule has 0 spiro atoms. The van der Waals surface area contributed by atoms with E-state index in [-0.39, 0.29) is 17.2 Å². The number of hydrogen-bond acceptors (Lipinski definition) is 3. The lowest BCUT2D eigenvalue weighted by atomic mass is 10.1. The Bertz CT molecular complexity index is 717. The molecule has 0 fully saturated rings. The molecule has 0 saturated carbocycles. The number of sulfonamides is 1. The van der Waals surface area contributed by atoms with Crippen LogP contribution in [0.3, 0.4) is 0 Å². The average molecular weight is 323 g/mol. The Morgan fingerprint density at radius 3 is 2.50 bits per heavy atom. The lowest BCUT2D eigenvalue weighted by Gasteiger charge is -2.08. The zero-order chi connectivity index (χ0) is 16.0. The van der Waals surface area contributed by atoms with Crippen molar-refractivity contribution in [1.82, 2.24) is 4.72 Å². The van der Waals surface area contributed by atoms with E-state index in [4.69, 9.17) is 4.74 Å². The summed E-state index contributed by atoms with van der Waals surface area (Å²) in [6, 6.07) is 12.8. The van der Waals surface area contributed by atoms with Crippen LogP contribution in [0.2, 0.25) is 0 Å². The quantitative estimate of drug-likeness (QED) is 0.852. The number of hydrogen-bond donors (Lipinski definition) is 1. The summed E-state index contributed by atoms with van der Waals surface area (Å²) < 4.78 is 45.4. The first-order valence-corrected chi connectivity index (χ1v) is 8.47. The normalized spacial score (nSPS) is 11.4. The Labute approximate surface area is 130 Å². The van der Waals surface area contributed by atoms with Gasteiger partial charge in [-0.25, -0.2) is 17.5 Å². The first kappa shape index (κ1) is 16.5. The van der Waals surface area contributed by atoms with E-state index >= 15 is 0 Å². The summed E-state index contributed by atoms with van der Waals surface area (Å²) in [6.45, 7) is 2.38. The molecule has 2 aromatic carbocycles. The van der Waals surface area contributed by atoms with Gasteiger partial charge in [-0.1, -0.05) is 24.3 Å². The van der Waals surface area contributed by atoms with Crippen molar-refractivity contribution in [3.8, 4) is 5.75 Å². The molecule has 22 heavy (non-hydrogen) atoms. The van der Waals surface area contributed by atoms with Gasteiger partial charge in [-0.05, 0) is 43.2 Å². The maximum absolute atomic E-state index is 13.7. The Hall–Kier alpha value is -1.92. The third-order valence-corrected chi connectivity index (χ3v) is 4.53. The van der Waals surface area contributed by atoms with Crippen LogP contribution in [-0.2, 0) is 16.4 Å². The summed E-state index contributed by atoms with van der Waals surface area (Å²) in [7, 11) is -3.53. The first-order chi connectivity index (χ1) is 10.5. The van der Waals surface area contributed by atoms with Crippen molar-refractivity contribution in [2.24, 2.45) is 0 Å². The van der Waals surface area contributed by atoms with E-state index in [1.165, 1.54) is 18.2 Å². The molecule has 6 heteroatoms. The van der Waals surface area contributed by atoms with Gasteiger partial charge in [0.25, 0.3) is 0 Å². The minimum absolute atomic E-state index is 0.199. The van der Waals surface area contributed by atoms with E-state index in [1.807, 2.05) is 0 Å². The molecule has 0 aliphatic rings. The number of nitrogens with one attached hydrogen (secondary N) is 1.